The maximum atomic E-state index is 5.39. The maximum Gasteiger partial charge on any atom is 0.148 e. The molecule has 0 aromatic carbocycles. The monoisotopic (exact) mass is 225 g/mol. The summed E-state index contributed by atoms with van der Waals surface area (Å²) in [6, 6.07) is 0.191. The maximum absolute atomic E-state index is 5.39. The summed E-state index contributed by atoms with van der Waals surface area (Å²) < 4.78 is 5.06. The number of nitrogens with zero attached hydrogens (tertiary/aromatic N) is 2. The van der Waals surface area contributed by atoms with Gasteiger partial charge in [-0.2, -0.15) is 0 Å². The molecule has 1 heterocycles. The van der Waals surface area contributed by atoms with Gasteiger partial charge >= 0.3 is 0 Å². The van der Waals surface area contributed by atoms with Gasteiger partial charge in [0.1, 0.15) is 18.0 Å². The molecule has 6 nitrogen and oxygen atoms in total. The van der Waals surface area contributed by atoms with Crippen molar-refractivity contribution >= 4 is 11.6 Å². The Hall–Kier alpha value is -1.40. The van der Waals surface area contributed by atoms with Crippen LogP contribution in [0.3, 0.4) is 0 Å². The Morgan fingerprint density at radius 1 is 1.44 bits per heavy atom. The van der Waals surface area contributed by atoms with E-state index >= 15 is 0 Å². The second-order valence-corrected chi connectivity index (χ2v) is 3.55. The number of hydrogen-bond donors (Lipinski definition) is 3. The Balaban J connectivity index is 2.86. The smallest absolute Gasteiger partial charge is 0.148 e. The highest BCUT2D eigenvalue weighted by Gasteiger charge is 2.10. The Labute approximate surface area is 95.6 Å². The SMILES string of the molecule is CCc1c(NN)ncnc1NC(C)COC. The Kier molecular flexibility index (Phi) is 4.94. The third kappa shape index (κ3) is 3.04. The van der Waals surface area contributed by atoms with Crippen LogP contribution in [0.1, 0.15) is 19.4 Å². The molecule has 0 radical (unpaired) electrons. The molecule has 0 fully saturated rings. The predicted octanol–water partition coefficient (Wildman–Crippen LogP) is 0.771. The van der Waals surface area contributed by atoms with E-state index in [9.17, 15) is 0 Å². The zero-order valence-corrected chi connectivity index (χ0v) is 9.95. The van der Waals surface area contributed by atoms with Gasteiger partial charge in [0.05, 0.1) is 6.61 Å². The van der Waals surface area contributed by atoms with Crippen molar-refractivity contribution in [1.29, 1.82) is 0 Å². The normalized spacial score (nSPS) is 12.2. The first-order chi connectivity index (χ1) is 7.72. The van der Waals surface area contributed by atoms with Gasteiger partial charge in [-0.25, -0.2) is 15.8 Å². The van der Waals surface area contributed by atoms with Crippen LogP contribution in [-0.2, 0) is 11.2 Å². The van der Waals surface area contributed by atoms with Gasteiger partial charge in [0.15, 0.2) is 0 Å². The average Bonchev–Trinajstić information content (AvgIpc) is 2.29. The van der Waals surface area contributed by atoms with Gasteiger partial charge in [-0.15, -0.1) is 0 Å². The molecule has 4 N–H and O–H groups in total. The number of nitrogen functional groups attached to an aromatic ring is 1. The van der Waals surface area contributed by atoms with E-state index in [2.05, 4.69) is 20.7 Å². The number of anilines is 2. The third-order valence-electron chi connectivity index (χ3n) is 2.24. The fraction of sp³-hybridized carbons (Fsp3) is 0.600. The van der Waals surface area contributed by atoms with Crippen molar-refractivity contribution in [3.8, 4) is 0 Å². The topological polar surface area (TPSA) is 85.1 Å². The van der Waals surface area contributed by atoms with E-state index < -0.39 is 0 Å². The Morgan fingerprint density at radius 2 is 2.12 bits per heavy atom. The lowest BCUT2D eigenvalue weighted by molar-refractivity contribution is 0.190. The van der Waals surface area contributed by atoms with Crippen molar-refractivity contribution in [3.05, 3.63) is 11.9 Å². The van der Waals surface area contributed by atoms with Crippen LogP contribution in [0.15, 0.2) is 6.33 Å². The number of ether oxygens (including phenoxy) is 1. The molecule has 0 saturated carbocycles. The third-order valence-corrected chi connectivity index (χ3v) is 2.24. The summed E-state index contributed by atoms with van der Waals surface area (Å²) in [5, 5.41) is 3.27. The number of hydrogen-bond acceptors (Lipinski definition) is 6. The van der Waals surface area contributed by atoms with Crippen molar-refractivity contribution in [2.45, 2.75) is 26.3 Å². The van der Waals surface area contributed by atoms with Crippen molar-refractivity contribution < 1.29 is 4.74 Å². The minimum absolute atomic E-state index is 0.191. The highest BCUT2D eigenvalue weighted by molar-refractivity contribution is 5.57. The molecule has 0 aliphatic rings. The van der Waals surface area contributed by atoms with E-state index in [1.54, 1.807) is 7.11 Å². The average molecular weight is 225 g/mol. The summed E-state index contributed by atoms with van der Waals surface area (Å²) in [5.74, 6) is 6.85. The summed E-state index contributed by atoms with van der Waals surface area (Å²) in [5.41, 5.74) is 3.55. The Bertz CT molecular complexity index is 331. The van der Waals surface area contributed by atoms with Gasteiger partial charge in [0, 0.05) is 18.7 Å². The van der Waals surface area contributed by atoms with Crippen molar-refractivity contribution in [3.63, 3.8) is 0 Å². The molecule has 1 unspecified atom stereocenters. The van der Waals surface area contributed by atoms with E-state index in [1.165, 1.54) is 6.33 Å². The first-order valence-corrected chi connectivity index (χ1v) is 5.28. The van der Waals surface area contributed by atoms with Gasteiger partial charge in [-0.3, -0.25) is 0 Å². The second kappa shape index (κ2) is 6.24. The van der Waals surface area contributed by atoms with Crippen LogP contribution < -0.4 is 16.6 Å². The van der Waals surface area contributed by atoms with Gasteiger partial charge < -0.3 is 15.5 Å². The zero-order valence-electron chi connectivity index (χ0n) is 9.95. The summed E-state index contributed by atoms with van der Waals surface area (Å²) in [6.45, 7) is 4.69. The molecule has 1 rings (SSSR count). The molecule has 1 aromatic heterocycles. The van der Waals surface area contributed by atoms with Crippen molar-refractivity contribution in [2.75, 3.05) is 24.5 Å². The summed E-state index contributed by atoms with van der Waals surface area (Å²) in [4.78, 5) is 8.27. The van der Waals surface area contributed by atoms with Crippen LogP contribution in [0.4, 0.5) is 11.6 Å². The van der Waals surface area contributed by atoms with Crippen LogP contribution >= 0.6 is 0 Å². The van der Waals surface area contributed by atoms with E-state index in [4.69, 9.17) is 10.6 Å². The van der Waals surface area contributed by atoms with Crippen LogP contribution in [-0.4, -0.2) is 29.7 Å². The van der Waals surface area contributed by atoms with Gasteiger partial charge in [0.2, 0.25) is 0 Å². The molecule has 0 aliphatic heterocycles. The molecule has 0 amide bonds. The molecule has 1 aromatic rings. The van der Waals surface area contributed by atoms with Crippen LogP contribution in [0, 0.1) is 0 Å². The highest BCUT2D eigenvalue weighted by Crippen LogP contribution is 2.19. The minimum atomic E-state index is 0.191. The quantitative estimate of drug-likeness (QED) is 0.490. The fourth-order valence-corrected chi connectivity index (χ4v) is 1.52. The summed E-state index contributed by atoms with van der Waals surface area (Å²) in [6.07, 6.45) is 2.29. The molecule has 0 aliphatic carbocycles. The molecule has 0 bridgehead atoms. The zero-order chi connectivity index (χ0) is 12.0. The number of methoxy groups -OCH3 is 1. The van der Waals surface area contributed by atoms with E-state index in [1.807, 2.05) is 13.8 Å². The fourth-order valence-electron chi connectivity index (χ4n) is 1.52. The second-order valence-electron chi connectivity index (χ2n) is 3.55. The molecule has 16 heavy (non-hydrogen) atoms. The molecule has 6 heteroatoms. The first-order valence-electron chi connectivity index (χ1n) is 5.28. The van der Waals surface area contributed by atoms with Gasteiger partial charge in [0.25, 0.3) is 0 Å². The lowest BCUT2D eigenvalue weighted by Crippen LogP contribution is -2.23. The van der Waals surface area contributed by atoms with Crippen molar-refractivity contribution in [1.82, 2.24) is 9.97 Å². The number of aromatic nitrogens is 2. The van der Waals surface area contributed by atoms with E-state index in [0.29, 0.717) is 12.4 Å². The van der Waals surface area contributed by atoms with Gasteiger partial charge in [-0.1, -0.05) is 6.92 Å². The van der Waals surface area contributed by atoms with Crippen LogP contribution in [0.2, 0.25) is 0 Å². The molecular formula is C10H19N5O. The molecular weight excluding hydrogens is 206 g/mol. The van der Waals surface area contributed by atoms with Crippen molar-refractivity contribution in [2.24, 2.45) is 5.84 Å². The first kappa shape index (κ1) is 12.7. The van der Waals surface area contributed by atoms with E-state index in [0.717, 1.165) is 17.8 Å². The number of nitrogens with two attached hydrogens (primary N) is 1. The molecule has 0 saturated heterocycles. The van der Waals surface area contributed by atoms with Gasteiger partial charge in [-0.05, 0) is 13.3 Å². The number of rotatable bonds is 6. The molecule has 90 valence electrons. The summed E-state index contributed by atoms with van der Waals surface area (Å²) >= 11 is 0. The van der Waals surface area contributed by atoms with Crippen LogP contribution in [0.5, 0.6) is 0 Å². The lowest BCUT2D eigenvalue weighted by atomic mass is 10.2. The molecule has 0 spiro atoms. The lowest BCUT2D eigenvalue weighted by Gasteiger charge is -2.17. The minimum Gasteiger partial charge on any atom is -0.383 e. The largest absolute Gasteiger partial charge is 0.383 e. The predicted molar refractivity (Wildman–Crippen MR) is 64.2 cm³/mol. The standard InChI is InChI=1S/C10H19N5O/c1-4-8-9(14-7(2)5-16-3)12-6-13-10(8)15-11/h6-7H,4-5,11H2,1-3H3,(H2,12,13,14,15). The Morgan fingerprint density at radius 3 is 2.69 bits per heavy atom. The molecule has 1 atom stereocenters. The van der Waals surface area contributed by atoms with Crippen LogP contribution in [0.25, 0.3) is 0 Å². The van der Waals surface area contributed by atoms with E-state index in [-0.39, 0.29) is 6.04 Å². The number of hydrazine groups is 1. The number of nitrogens with one attached hydrogen (secondary N) is 2. The summed E-state index contributed by atoms with van der Waals surface area (Å²) in [7, 11) is 1.67. The highest BCUT2D eigenvalue weighted by atomic mass is 16.5.